The molecule has 1 heterocycles. The van der Waals surface area contributed by atoms with Crippen molar-refractivity contribution in [3.05, 3.63) is 11.9 Å². The van der Waals surface area contributed by atoms with E-state index in [1.54, 1.807) is 7.11 Å². The second-order valence-electron chi connectivity index (χ2n) is 6.04. The van der Waals surface area contributed by atoms with Gasteiger partial charge in [-0.1, -0.05) is 33.1 Å². The zero-order chi connectivity index (χ0) is 14.5. The van der Waals surface area contributed by atoms with Crippen LogP contribution < -0.4 is 10.5 Å². The van der Waals surface area contributed by atoms with Crippen LogP contribution in [0.15, 0.2) is 6.20 Å². The van der Waals surface area contributed by atoms with Gasteiger partial charge in [0.1, 0.15) is 0 Å². The summed E-state index contributed by atoms with van der Waals surface area (Å²) in [6.45, 7) is 5.37. The van der Waals surface area contributed by atoms with Gasteiger partial charge in [0.2, 0.25) is 0 Å². The number of nitrogens with zero attached hydrogens (tertiary/aromatic N) is 2. The van der Waals surface area contributed by atoms with Crippen molar-refractivity contribution in [3.8, 4) is 5.75 Å². The van der Waals surface area contributed by atoms with E-state index in [1.807, 2.05) is 10.9 Å². The van der Waals surface area contributed by atoms with Crippen LogP contribution in [0.2, 0.25) is 0 Å². The molecule has 2 N–H and O–H groups in total. The minimum Gasteiger partial charge on any atom is -0.493 e. The predicted octanol–water partition coefficient (Wildman–Crippen LogP) is 3.52. The summed E-state index contributed by atoms with van der Waals surface area (Å²) in [4.78, 5) is 0. The van der Waals surface area contributed by atoms with E-state index in [2.05, 4.69) is 18.9 Å². The van der Waals surface area contributed by atoms with Gasteiger partial charge >= 0.3 is 0 Å². The van der Waals surface area contributed by atoms with Gasteiger partial charge in [-0.3, -0.25) is 4.68 Å². The van der Waals surface area contributed by atoms with Crippen molar-refractivity contribution in [2.45, 2.75) is 65.0 Å². The maximum atomic E-state index is 6.57. The monoisotopic (exact) mass is 279 g/mol. The molecule has 0 bridgehead atoms. The van der Waals surface area contributed by atoms with Crippen LogP contribution in [0, 0.1) is 11.8 Å². The molecule has 0 aliphatic heterocycles. The Balaban J connectivity index is 2.11. The van der Waals surface area contributed by atoms with E-state index in [4.69, 9.17) is 10.5 Å². The number of ether oxygens (including phenoxy) is 1. The molecule has 4 heteroatoms. The maximum Gasteiger partial charge on any atom is 0.161 e. The normalized spacial score (nSPS) is 24.6. The largest absolute Gasteiger partial charge is 0.493 e. The quantitative estimate of drug-likeness (QED) is 0.867. The fourth-order valence-corrected chi connectivity index (χ4v) is 3.44. The van der Waals surface area contributed by atoms with Crippen LogP contribution in [0.3, 0.4) is 0 Å². The summed E-state index contributed by atoms with van der Waals surface area (Å²) < 4.78 is 7.50. The first-order valence-electron chi connectivity index (χ1n) is 8.06. The van der Waals surface area contributed by atoms with Crippen LogP contribution >= 0.6 is 0 Å². The minimum absolute atomic E-state index is 0.0526. The van der Waals surface area contributed by atoms with E-state index in [0.29, 0.717) is 5.92 Å². The molecule has 0 saturated heterocycles. The minimum atomic E-state index is 0.0526. The summed E-state index contributed by atoms with van der Waals surface area (Å²) in [6.07, 6.45) is 9.28. The van der Waals surface area contributed by atoms with Gasteiger partial charge in [-0.05, 0) is 31.1 Å². The Kier molecular flexibility index (Phi) is 5.46. The van der Waals surface area contributed by atoms with E-state index >= 15 is 0 Å². The van der Waals surface area contributed by atoms with E-state index in [1.165, 1.54) is 32.1 Å². The van der Waals surface area contributed by atoms with Crippen LogP contribution in [-0.2, 0) is 6.54 Å². The molecule has 2 rings (SSSR count). The van der Waals surface area contributed by atoms with Crippen LogP contribution in [-0.4, -0.2) is 16.9 Å². The van der Waals surface area contributed by atoms with E-state index < -0.39 is 0 Å². The molecule has 20 heavy (non-hydrogen) atoms. The Hall–Kier alpha value is -1.03. The number of hydrogen-bond acceptors (Lipinski definition) is 3. The number of rotatable bonds is 6. The molecule has 4 nitrogen and oxygen atoms in total. The summed E-state index contributed by atoms with van der Waals surface area (Å²) in [6, 6.07) is 0.0526. The molecule has 1 atom stereocenters. The van der Waals surface area contributed by atoms with Gasteiger partial charge in [-0.15, -0.1) is 0 Å². The lowest BCUT2D eigenvalue weighted by atomic mass is 9.77. The Labute approximate surface area is 122 Å². The van der Waals surface area contributed by atoms with Crippen molar-refractivity contribution in [3.63, 3.8) is 0 Å². The Morgan fingerprint density at radius 3 is 2.60 bits per heavy atom. The lowest BCUT2D eigenvalue weighted by molar-refractivity contribution is 0.231. The molecular weight excluding hydrogens is 250 g/mol. The average molecular weight is 279 g/mol. The highest BCUT2D eigenvalue weighted by Gasteiger charge is 2.29. The van der Waals surface area contributed by atoms with Gasteiger partial charge in [-0.2, -0.15) is 5.10 Å². The average Bonchev–Trinajstić information content (AvgIpc) is 2.90. The second kappa shape index (κ2) is 7.11. The molecule has 1 saturated carbocycles. The van der Waals surface area contributed by atoms with Crippen LogP contribution in [0.1, 0.15) is 64.1 Å². The van der Waals surface area contributed by atoms with Crippen molar-refractivity contribution < 1.29 is 4.74 Å². The zero-order valence-electron chi connectivity index (χ0n) is 13.1. The molecule has 1 aliphatic carbocycles. The Bertz CT molecular complexity index is 408. The molecule has 0 spiro atoms. The SMILES string of the molecule is CCCn1ncc(OC)c1C(N)C1CCC(CC)CC1. The number of methoxy groups -OCH3 is 1. The number of aromatic nitrogens is 2. The highest BCUT2D eigenvalue weighted by Crippen LogP contribution is 2.39. The fraction of sp³-hybridized carbons (Fsp3) is 0.812. The van der Waals surface area contributed by atoms with E-state index in [0.717, 1.165) is 30.3 Å². The Morgan fingerprint density at radius 1 is 1.35 bits per heavy atom. The van der Waals surface area contributed by atoms with Crippen LogP contribution in [0.25, 0.3) is 0 Å². The second-order valence-corrected chi connectivity index (χ2v) is 6.04. The molecule has 0 aromatic carbocycles. The zero-order valence-corrected chi connectivity index (χ0v) is 13.1. The molecule has 1 aromatic heterocycles. The lowest BCUT2D eigenvalue weighted by Gasteiger charge is -2.32. The molecule has 1 aliphatic rings. The van der Waals surface area contributed by atoms with Crippen molar-refractivity contribution in [1.82, 2.24) is 9.78 Å². The van der Waals surface area contributed by atoms with Crippen molar-refractivity contribution in [2.24, 2.45) is 17.6 Å². The van der Waals surface area contributed by atoms with Crippen LogP contribution in [0.5, 0.6) is 5.75 Å². The molecular formula is C16H29N3O. The van der Waals surface area contributed by atoms with Gasteiger partial charge in [0.05, 0.1) is 25.0 Å². The third kappa shape index (κ3) is 3.17. The molecule has 1 fully saturated rings. The van der Waals surface area contributed by atoms with Gasteiger partial charge in [0.15, 0.2) is 5.75 Å². The van der Waals surface area contributed by atoms with Gasteiger partial charge < -0.3 is 10.5 Å². The van der Waals surface area contributed by atoms with Gasteiger partial charge in [0.25, 0.3) is 0 Å². The van der Waals surface area contributed by atoms with E-state index in [9.17, 15) is 0 Å². The summed E-state index contributed by atoms with van der Waals surface area (Å²) in [5.41, 5.74) is 7.66. The maximum absolute atomic E-state index is 6.57. The first-order valence-corrected chi connectivity index (χ1v) is 8.06. The molecule has 1 unspecified atom stereocenters. The predicted molar refractivity (Wildman–Crippen MR) is 81.7 cm³/mol. The standard InChI is InChI=1S/C16H29N3O/c1-4-10-19-16(14(20-3)11-18-19)15(17)13-8-6-12(5-2)7-9-13/h11-13,15H,4-10,17H2,1-3H3. The smallest absolute Gasteiger partial charge is 0.161 e. The van der Waals surface area contributed by atoms with Gasteiger partial charge in [0, 0.05) is 6.54 Å². The Morgan fingerprint density at radius 2 is 2.05 bits per heavy atom. The molecule has 0 amide bonds. The molecule has 114 valence electrons. The third-order valence-electron chi connectivity index (χ3n) is 4.79. The highest BCUT2D eigenvalue weighted by molar-refractivity contribution is 5.28. The first kappa shape index (κ1) is 15.4. The van der Waals surface area contributed by atoms with Gasteiger partial charge in [-0.25, -0.2) is 0 Å². The lowest BCUT2D eigenvalue weighted by Crippen LogP contribution is -2.28. The van der Waals surface area contributed by atoms with Crippen molar-refractivity contribution >= 4 is 0 Å². The summed E-state index contributed by atoms with van der Waals surface area (Å²) >= 11 is 0. The first-order chi connectivity index (χ1) is 9.71. The fourth-order valence-electron chi connectivity index (χ4n) is 3.44. The molecule has 0 radical (unpaired) electrons. The topological polar surface area (TPSA) is 53.1 Å². The highest BCUT2D eigenvalue weighted by atomic mass is 16.5. The van der Waals surface area contributed by atoms with E-state index in [-0.39, 0.29) is 6.04 Å². The summed E-state index contributed by atoms with van der Waals surface area (Å²) in [7, 11) is 1.71. The number of hydrogen-bond donors (Lipinski definition) is 1. The third-order valence-corrected chi connectivity index (χ3v) is 4.79. The summed E-state index contributed by atoms with van der Waals surface area (Å²) in [5.74, 6) is 2.32. The van der Waals surface area contributed by atoms with Crippen LogP contribution in [0.4, 0.5) is 0 Å². The van der Waals surface area contributed by atoms with Crippen molar-refractivity contribution in [2.75, 3.05) is 7.11 Å². The summed E-state index contributed by atoms with van der Waals surface area (Å²) in [5, 5.41) is 4.44. The number of aryl methyl sites for hydroxylation is 1. The number of nitrogens with two attached hydrogens (primary N) is 1. The van der Waals surface area contributed by atoms with Crippen molar-refractivity contribution in [1.29, 1.82) is 0 Å². The molecule has 1 aromatic rings.